The standard InChI is InChI=1S/C24H40O5/c1-28-24(27)10-6-5-9-19-15-21-20(22(26)16-23(21)29-19)14-13-18(25)12-11-17-7-3-2-4-8-17/h13-14,17-23,25-26H,2-12,15-16H2,1H3/b14-13+/t18-,19?,20+,21+,22+,23+/m0/s1. The van der Waals surface area contributed by atoms with Crippen molar-refractivity contribution < 1.29 is 24.5 Å². The molecule has 5 nitrogen and oxygen atoms in total. The molecule has 2 N–H and O–H groups in total. The van der Waals surface area contributed by atoms with Gasteiger partial charge in [-0.1, -0.05) is 50.7 Å². The second kappa shape index (κ2) is 11.5. The lowest BCUT2D eigenvalue weighted by molar-refractivity contribution is -0.140. The van der Waals surface area contributed by atoms with Crippen LogP contribution in [0.4, 0.5) is 0 Å². The highest BCUT2D eigenvalue weighted by Gasteiger charge is 2.47. The van der Waals surface area contributed by atoms with E-state index in [1.807, 2.05) is 6.08 Å². The monoisotopic (exact) mass is 408 g/mol. The van der Waals surface area contributed by atoms with E-state index in [9.17, 15) is 15.0 Å². The zero-order chi connectivity index (χ0) is 20.6. The van der Waals surface area contributed by atoms with Crippen LogP contribution in [0.15, 0.2) is 12.2 Å². The van der Waals surface area contributed by atoms with Crippen LogP contribution in [-0.4, -0.2) is 47.7 Å². The number of esters is 1. The highest BCUT2D eigenvalue weighted by Crippen LogP contribution is 2.45. The minimum absolute atomic E-state index is 0.0874. The van der Waals surface area contributed by atoms with Crippen molar-refractivity contribution in [1.29, 1.82) is 0 Å². The minimum Gasteiger partial charge on any atom is -0.469 e. The van der Waals surface area contributed by atoms with Crippen LogP contribution in [0.3, 0.4) is 0 Å². The summed E-state index contributed by atoms with van der Waals surface area (Å²) in [7, 11) is 1.43. The van der Waals surface area contributed by atoms with Gasteiger partial charge in [-0.2, -0.15) is 0 Å². The third-order valence-electron chi connectivity index (χ3n) is 7.33. The van der Waals surface area contributed by atoms with Crippen LogP contribution >= 0.6 is 0 Å². The highest BCUT2D eigenvalue weighted by atomic mass is 16.5. The Hall–Kier alpha value is -0.910. The third kappa shape index (κ3) is 6.80. The summed E-state index contributed by atoms with van der Waals surface area (Å²) in [6.45, 7) is 0. The second-order valence-corrected chi connectivity index (χ2v) is 9.43. The van der Waals surface area contributed by atoms with E-state index in [0.717, 1.165) is 44.4 Å². The maximum Gasteiger partial charge on any atom is 0.305 e. The van der Waals surface area contributed by atoms with Gasteiger partial charge in [0.05, 0.1) is 31.5 Å². The fourth-order valence-electron chi connectivity index (χ4n) is 5.61. The molecule has 0 aromatic carbocycles. The normalized spacial score (nSPS) is 33.8. The molecule has 1 heterocycles. The van der Waals surface area contributed by atoms with Crippen molar-refractivity contribution in [3.05, 3.63) is 12.2 Å². The van der Waals surface area contributed by atoms with Crippen LogP contribution in [0, 0.1) is 17.8 Å². The molecule has 2 aliphatic carbocycles. The van der Waals surface area contributed by atoms with E-state index in [1.54, 1.807) is 0 Å². The van der Waals surface area contributed by atoms with Gasteiger partial charge in [0.25, 0.3) is 0 Å². The largest absolute Gasteiger partial charge is 0.469 e. The number of unbranched alkanes of at least 4 members (excludes halogenated alkanes) is 1. The van der Waals surface area contributed by atoms with Crippen molar-refractivity contribution in [3.8, 4) is 0 Å². The predicted octanol–water partition coefficient (Wildman–Crippen LogP) is 4.15. The number of methoxy groups -OCH3 is 1. The molecule has 6 atom stereocenters. The number of ether oxygens (including phenoxy) is 2. The Labute approximate surface area is 175 Å². The molecule has 0 spiro atoms. The molecule has 166 valence electrons. The second-order valence-electron chi connectivity index (χ2n) is 9.43. The van der Waals surface area contributed by atoms with Gasteiger partial charge in [-0.15, -0.1) is 0 Å². The van der Waals surface area contributed by atoms with Gasteiger partial charge in [-0.25, -0.2) is 0 Å². The van der Waals surface area contributed by atoms with E-state index in [2.05, 4.69) is 10.8 Å². The third-order valence-corrected chi connectivity index (χ3v) is 7.33. The number of rotatable bonds is 10. The first kappa shape index (κ1) is 22.8. The first-order valence-corrected chi connectivity index (χ1v) is 11.8. The van der Waals surface area contributed by atoms with Crippen molar-refractivity contribution in [2.45, 2.75) is 108 Å². The number of hydrogen-bond acceptors (Lipinski definition) is 5. The Morgan fingerprint density at radius 2 is 1.97 bits per heavy atom. The van der Waals surface area contributed by atoms with Crippen molar-refractivity contribution in [1.82, 2.24) is 0 Å². The van der Waals surface area contributed by atoms with Crippen LogP contribution in [0.25, 0.3) is 0 Å². The molecule has 0 amide bonds. The maximum atomic E-state index is 11.2. The van der Waals surface area contributed by atoms with Gasteiger partial charge < -0.3 is 19.7 Å². The Bertz CT molecular complexity index is 527. The molecule has 3 rings (SSSR count). The van der Waals surface area contributed by atoms with Crippen molar-refractivity contribution in [3.63, 3.8) is 0 Å². The zero-order valence-corrected chi connectivity index (χ0v) is 18.0. The highest BCUT2D eigenvalue weighted by molar-refractivity contribution is 5.68. The molecule has 0 bridgehead atoms. The van der Waals surface area contributed by atoms with E-state index in [4.69, 9.17) is 4.74 Å². The van der Waals surface area contributed by atoms with Crippen LogP contribution in [-0.2, 0) is 14.3 Å². The van der Waals surface area contributed by atoms with E-state index in [1.165, 1.54) is 39.2 Å². The fraction of sp³-hybridized carbons (Fsp3) is 0.875. The molecule has 1 saturated heterocycles. The lowest BCUT2D eigenvalue weighted by atomic mass is 9.85. The predicted molar refractivity (Wildman–Crippen MR) is 112 cm³/mol. The van der Waals surface area contributed by atoms with Crippen LogP contribution < -0.4 is 0 Å². The summed E-state index contributed by atoms with van der Waals surface area (Å²) in [5.41, 5.74) is 0. The quantitative estimate of drug-likeness (QED) is 0.323. The summed E-state index contributed by atoms with van der Waals surface area (Å²) in [4.78, 5) is 11.2. The number of carbonyl (C=O) groups excluding carboxylic acids is 1. The van der Waals surface area contributed by atoms with Gasteiger partial charge in [0.1, 0.15) is 0 Å². The van der Waals surface area contributed by atoms with E-state index >= 15 is 0 Å². The SMILES string of the molecule is COC(=O)CCCCC1C[C@@H]2[C@@H](/C=C/[C@@H](O)CCC3CCCCC3)[C@H](O)C[C@H]2O1. The molecule has 1 aliphatic heterocycles. The molecule has 29 heavy (non-hydrogen) atoms. The molecule has 3 aliphatic rings. The number of fused-ring (bicyclic) bond motifs is 1. The Morgan fingerprint density at radius 1 is 1.17 bits per heavy atom. The van der Waals surface area contributed by atoms with Gasteiger partial charge in [0.15, 0.2) is 0 Å². The Balaban J connectivity index is 1.39. The van der Waals surface area contributed by atoms with Gasteiger partial charge in [-0.3, -0.25) is 4.79 Å². The number of aliphatic hydroxyl groups is 2. The average molecular weight is 409 g/mol. The van der Waals surface area contributed by atoms with Gasteiger partial charge >= 0.3 is 5.97 Å². The molecule has 0 aromatic rings. The molecular formula is C24H40O5. The van der Waals surface area contributed by atoms with E-state index < -0.39 is 6.10 Å². The van der Waals surface area contributed by atoms with Gasteiger partial charge in [-0.05, 0) is 43.9 Å². The summed E-state index contributed by atoms with van der Waals surface area (Å²) < 4.78 is 10.9. The molecule has 3 fully saturated rings. The first-order valence-electron chi connectivity index (χ1n) is 11.8. The first-order chi connectivity index (χ1) is 14.1. The molecule has 2 saturated carbocycles. The van der Waals surface area contributed by atoms with Crippen LogP contribution in [0.5, 0.6) is 0 Å². The number of hydrogen-bond donors (Lipinski definition) is 2. The lowest BCUT2D eigenvalue weighted by Crippen LogP contribution is -2.19. The summed E-state index contributed by atoms with van der Waals surface area (Å²) in [6.07, 6.45) is 17.1. The maximum absolute atomic E-state index is 11.2. The molecule has 0 aromatic heterocycles. The van der Waals surface area contributed by atoms with Crippen molar-refractivity contribution >= 4 is 5.97 Å². The summed E-state index contributed by atoms with van der Waals surface area (Å²) in [5.74, 6) is 1.07. The Morgan fingerprint density at radius 3 is 2.72 bits per heavy atom. The van der Waals surface area contributed by atoms with Crippen LogP contribution in [0.1, 0.15) is 83.5 Å². The van der Waals surface area contributed by atoms with Crippen LogP contribution in [0.2, 0.25) is 0 Å². The summed E-state index contributed by atoms with van der Waals surface area (Å²) in [6, 6.07) is 0. The number of aliphatic hydroxyl groups excluding tert-OH is 2. The smallest absolute Gasteiger partial charge is 0.305 e. The van der Waals surface area contributed by atoms with E-state index in [0.29, 0.717) is 18.8 Å². The topological polar surface area (TPSA) is 76.0 Å². The minimum atomic E-state index is -0.403. The summed E-state index contributed by atoms with van der Waals surface area (Å²) in [5, 5.41) is 20.9. The molecular weight excluding hydrogens is 368 g/mol. The molecule has 1 unspecified atom stereocenters. The summed E-state index contributed by atoms with van der Waals surface area (Å²) >= 11 is 0. The fourth-order valence-corrected chi connectivity index (χ4v) is 5.61. The lowest BCUT2D eigenvalue weighted by Gasteiger charge is -2.22. The number of carbonyl (C=O) groups is 1. The zero-order valence-electron chi connectivity index (χ0n) is 18.0. The van der Waals surface area contributed by atoms with Gasteiger partial charge in [0.2, 0.25) is 0 Å². The molecule has 0 radical (unpaired) electrons. The average Bonchev–Trinajstić information content (AvgIpc) is 3.25. The van der Waals surface area contributed by atoms with Crippen molar-refractivity contribution in [2.75, 3.05) is 7.11 Å². The molecule has 5 heteroatoms. The van der Waals surface area contributed by atoms with E-state index in [-0.39, 0.29) is 30.2 Å². The Kier molecular flexibility index (Phi) is 9.01. The van der Waals surface area contributed by atoms with Crippen molar-refractivity contribution in [2.24, 2.45) is 17.8 Å². The van der Waals surface area contributed by atoms with Gasteiger partial charge in [0, 0.05) is 18.8 Å².